The monoisotopic (exact) mass is 535 g/mol. The lowest BCUT2D eigenvalue weighted by molar-refractivity contribution is 0.281. The minimum atomic E-state index is 0.0572. The van der Waals surface area contributed by atoms with Gasteiger partial charge in [-0.2, -0.15) is 0 Å². The van der Waals surface area contributed by atoms with E-state index in [1.165, 1.54) is 150 Å². The van der Waals surface area contributed by atoms with E-state index in [-0.39, 0.29) is 13.2 Å². The van der Waals surface area contributed by atoms with Crippen molar-refractivity contribution in [1.82, 2.24) is 4.57 Å². The molecular weight excluding hydrogens is 478 g/mol. The summed E-state index contributed by atoms with van der Waals surface area (Å²) >= 11 is 0. The molecular formula is C36H57NO2. The first kappa shape index (κ1) is 31.7. The van der Waals surface area contributed by atoms with E-state index in [0.717, 1.165) is 17.7 Å². The molecule has 0 aliphatic rings. The molecule has 0 atom stereocenters. The number of hydrogen-bond donors (Lipinski definition) is 2. The third-order valence-electron chi connectivity index (χ3n) is 8.59. The van der Waals surface area contributed by atoms with Gasteiger partial charge in [0.1, 0.15) is 0 Å². The summed E-state index contributed by atoms with van der Waals surface area (Å²) in [4.78, 5) is 0. The second-order valence-corrected chi connectivity index (χ2v) is 11.9. The Morgan fingerprint density at radius 2 is 0.795 bits per heavy atom. The molecule has 0 aliphatic carbocycles. The molecule has 0 unspecified atom stereocenters. The van der Waals surface area contributed by atoms with Gasteiger partial charge in [0, 0.05) is 28.4 Å². The highest BCUT2D eigenvalue weighted by molar-refractivity contribution is 6.08. The molecule has 2 N–H and O–H groups in total. The average molecular weight is 536 g/mol. The fourth-order valence-electron chi connectivity index (χ4n) is 6.16. The van der Waals surface area contributed by atoms with Crippen LogP contribution in [0.2, 0.25) is 0 Å². The Labute approximate surface area is 239 Å². The first-order valence-corrected chi connectivity index (χ1v) is 16.5. The summed E-state index contributed by atoms with van der Waals surface area (Å²) in [6, 6.07) is 12.6. The molecule has 2 aromatic carbocycles. The smallest absolute Gasteiger partial charge is 0.0682 e. The molecule has 0 saturated carbocycles. The number of hydrogen-bond acceptors (Lipinski definition) is 2. The van der Waals surface area contributed by atoms with Crippen molar-refractivity contribution in [2.24, 2.45) is 0 Å². The molecule has 0 fully saturated rings. The highest BCUT2D eigenvalue weighted by Crippen LogP contribution is 2.31. The van der Waals surface area contributed by atoms with Crippen LogP contribution in [0.15, 0.2) is 36.4 Å². The number of fused-ring (bicyclic) bond motifs is 3. The van der Waals surface area contributed by atoms with E-state index in [1.54, 1.807) is 0 Å². The van der Waals surface area contributed by atoms with Crippen molar-refractivity contribution in [2.75, 3.05) is 0 Å². The number of aryl methyl sites for hydroxylation is 1. The Bertz CT molecular complexity index is 992. The molecule has 0 amide bonds. The predicted molar refractivity (Wildman–Crippen MR) is 169 cm³/mol. The van der Waals surface area contributed by atoms with E-state index in [9.17, 15) is 10.2 Å². The van der Waals surface area contributed by atoms with Gasteiger partial charge in [0.25, 0.3) is 0 Å². The second kappa shape index (κ2) is 19.3. The fourth-order valence-corrected chi connectivity index (χ4v) is 6.16. The maximum Gasteiger partial charge on any atom is 0.0682 e. The number of nitrogens with zero attached hydrogens (tertiary/aromatic N) is 1. The first-order valence-electron chi connectivity index (χ1n) is 16.5. The van der Waals surface area contributed by atoms with E-state index in [0.29, 0.717) is 0 Å². The number of aliphatic hydroxyl groups is 2. The van der Waals surface area contributed by atoms with Crippen LogP contribution in [0, 0.1) is 0 Å². The van der Waals surface area contributed by atoms with Crippen molar-refractivity contribution in [1.29, 1.82) is 0 Å². The molecule has 3 aromatic rings. The van der Waals surface area contributed by atoms with Crippen LogP contribution in [0.1, 0.15) is 146 Å². The number of benzene rings is 2. The minimum Gasteiger partial charge on any atom is -0.392 e. The third-order valence-corrected chi connectivity index (χ3v) is 8.59. The molecule has 0 aliphatic heterocycles. The zero-order valence-corrected chi connectivity index (χ0v) is 25.1. The lowest BCUT2D eigenvalue weighted by Crippen LogP contribution is -1.98. The van der Waals surface area contributed by atoms with E-state index in [2.05, 4.69) is 35.8 Å². The van der Waals surface area contributed by atoms with Crippen LogP contribution in [0.5, 0.6) is 0 Å². The van der Waals surface area contributed by atoms with Crippen molar-refractivity contribution in [2.45, 2.75) is 155 Å². The van der Waals surface area contributed by atoms with E-state index >= 15 is 0 Å². The summed E-state index contributed by atoms with van der Waals surface area (Å²) in [5, 5.41) is 21.6. The SMILES string of the molecule is CCCCCCCCCCCCCCCCCCCCCCn1c2ccc(CO)cc2c2cc(CO)ccc21. The van der Waals surface area contributed by atoms with Crippen molar-refractivity contribution in [3.05, 3.63) is 47.5 Å². The van der Waals surface area contributed by atoms with Gasteiger partial charge in [0.15, 0.2) is 0 Å². The maximum atomic E-state index is 9.61. The van der Waals surface area contributed by atoms with E-state index in [1.807, 2.05) is 12.1 Å². The van der Waals surface area contributed by atoms with Gasteiger partial charge in [-0.05, 0) is 41.8 Å². The summed E-state index contributed by atoms with van der Waals surface area (Å²) < 4.78 is 2.43. The minimum absolute atomic E-state index is 0.0572. The van der Waals surface area contributed by atoms with Crippen LogP contribution in [0.4, 0.5) is 0 Å². The van der Waals surface area contributed by atoms with Crippen LogP contribution in [0.3, 0.4) is 0 Å². The summed E-state index contributed by atoms with van der Waals surface area (Å²) in [5.74, 6) is 0. The van der Waals surface area contributed by atoms with Gasteiger partial charge >= 0.3 is 0 Å². The highest BCUT2D eigenvalue weighted by Gasteiger charge is 2.12. The fraction of sp³-hybridized carbons (Fsp3) is 0.667. The van der Waals surface area contributed by atoms with E-state index < -0.39 is 0 Å². The first-order chi connectivity index (χ1) is 19.3. The number of rotatable bonds is 23. The normalized spacial score (nSPS) is 11.8. The topological polar surface area (TPSA) is 45.4 Å². The Morgan fingerprint density at radius 1 is 0.462 bits per heavy atom. The summed E-state index contributed by atoms with van der Waals surface area (Å²) in [7, 11) is 0. The molecule has 0 spiro atoms. The number of aromatic nitrogens is 1. The Balaban J connectivity index is 1.21. The Hall–Kier alpha value is -1.84. The second-order valence-electron chi connectivity index (χ2n) is 11.9. The lowest BCUT2D eigenvalue weighted by atomic mass is 10.0. The van der Waals surface area contributed by atoms with Crippen molar-refractivity contribution < 1.29 is 10.2 Å². The van der Waals surface area contributed by atoms with Gasteiger partial charge in [-0.3, -0.25) is 0 Å². The molecule has 0 saturated heterocycles. The maximum absolute atomic E-state index is 9.61. The van der Waals surface area contributed by atoms with Crippen LogP contribution in [-0.4, -0.2) is 14.8 Å². The standard InChI is InChI=1S/C36H57NO2/c1-2-3-4-5-6-7-8-9-10-11-12-13-14-15-16-17-18-19-20-21-26-37-35-24-22-31(29-38)27-33(35)34-28-32(30-39)23-25-36(34)37/h22-25,27-28,38-39H,2-21,26,29-30H2,1H3. The lowest BCUT2D eigenvalue weighted by Gasteiger charge is -2.08. The number of aliphatic hydroxyl groups excluding tert-OH is 2. The molecule has 0 radical (unpaired) electrons. The van der Waals surface area contributed by atoms with Gasteiger partial charge in [-0.15, -0.1) is 0 Å². The van der Waals surface area contributed by atoms with Crippen LogP contribution in [-0.2, 0) is 19.8 Å². The van der Waals surface area contributed by atoms with Crippen LogP contribution < -0.4 is 0 Å². The van der Waals surface area contributed by atoms with E-state index in [4.69, 9.17) is 0 Å². The van der Waals surface area contributed by atoms with Gasteiger partial charge < -0.3 is 14.8 Å². The molecule has 0 bridgehead atoms. The van der Waals surface area contributed by atoms with Crippen molar-refractivity contribution >= 4 is 21.8 Å². The Morgan fingerprint density at radius 3 is 1.13 bits per heavy atom. The molecule has 1 heterocycles. The summed E-state index contributed by atoms with van der Waals surface area (Å²) in [5.41, 5.74) is 4.34. The van der Waals surface area contributed by atoms with Crippen molar-refractivity contribution in [3.63, 3.8) is 0 Å². The summed E-state index contributed by atoms with van der Waals surface area (Å²) in [6.07, 6.45) is 28.1. The molecule has 1 aromatic heterocycles. The molecule has 39 heavy (non-hydrogen) atoms. The third kappa shape index (κ3) is 10.9. The molecule has 3 heteroatoms. The largest absolute Gasteiger partial charge is 0.392 e. The predicted octanol–water partition coefficient (Wildman–Crippen LogP) is 10.6. The highest BCUT2D eigenvalue weighted by atomic mass is 16.3. The van der Waals surface area contributed by atoms with Crippen LogP contribution >= 0.6 is 0 Å². The molecule has 218 valence electrons. The average Bonchev–Trinajstić information content (AvgIpc) is 3.27. The molecule has 3 nitrogen and oxygen atoms in total. The zero-order valence-electron chi connectivity index (χ0n) is 25.1. The van der Waals surface area contributed by atoms with Crippen molar-refractivity contribution in [3.8, 4) is 0 Å². The van der Waals surface area contributed by atoms with Gasteiger partial charge in [-0.25, -0.2) is 0 Å². The molecule has 3 rings (SSSR count). The Kier molecular flexibility index (Phi) is 15.7. The van der Waals surface area contributed by atoms with Gasteiger partial charge in [-0.1, -0.05) is 141 Å². The quantitative estimate of drug-likeness (QED) is 0.119. The van der Waals surface area contributed by atoms with Gasteiger partial charge in [0.05, 0.1) is 13.2 Å². The van der Waals surface area contributed by atoms with Gasteiger partial charge in [0.2, 0.25) is 0 Å². The summed E-state index contributed by atoms with van der Waals surface area (Å²) in [6.45, 7) is 3.43. The number of unbranched alkanes of at least 4 members (excludes halogenated alkanes) is 19. The zero-order chi connectivity index (χ0) is 27.5. The van der Waals surface area contributed by atoms with Crippen LogP contribution in [0.25, 0.3) is 21.8 Å².